The summed E-state index contributed by atoms with van der Waals surface area (Å²) in [6.45, 7) is 6.98. The lowest BCUT2D eigenvalue weighted by Gasteiger charge is -2.15. The number of halogens is 1. The van der Waals surface area contributed by atoms with Crippen LogP contribution in [0.2, 0.25) is 5.02 Å². The minimum Gasteiger partial charge on any atom is -0.457 e. The zero-order valence-corrected chi connectivity index (χ0v) is 13.6. The van der Waals surface area contributed by atoms with Crippen molar-refractivity contribution in [2.75, 3.05) is 6.54 Å². The summed E-state index contributed by atoms with van der Waals surface area (Å²) in [7, 11) is 0. The summed E-state index contributed by atoms with van der Waals surface area (Å²) >= 11 is 6.06. The lowest BCUT2D eigenvalue weighted by molar-refractivity contribution is 0.471. The Morgan fingerprint density at radius 3 is 2.52 bits per heavy atom. The average molecular weight is 304 g/mol. The highest BCUT2D eigenvalue weighted by Crippen LogP contribution is 2.32. The predicted octanol–water partition coefficient (Wildman–Crippen LogP) is 5.07. The maximum Gasteiger partial charge on any atom is 0.130 e. The summed E-state index contributed by atoms with van der Waals surface area (Å²) in [5, 5.41) is 0.707. The Balaban J connectivity index is 2.35. The van der Waals surface area contributed by atoms with Gasteiger partial charge >= 0.3 is 0 Å². The van der Waals surface area contributed by atoms with E-state index < -0.39 is 0 Å². The van der Waals surface area contributed by atoms with Gasteiger partial charge in [0.1, 0.15) is 11.5 Å². The monoisotopic (exact) mass is 303 g/mol. The lowest BCUT2D eigenvalue weighted by Crippen LogP contribution is -2.04. The van der Waals surface area contributed by atoms with Gasteiger partial charge in [-0.3, -0.25) is 0 Å². The molecule has 0 fully saturated rings. The van der Waals surface area contributed by atoms with Crippen LogP contribution >= 0.6 is 11.6 Å². The van der Waals surface area contributed by atoms with E-state index in [4.69, 9.17) is 22.1 Å². The van der Waals surface area contributed by atoms with Gasteiger partial charge in [0.2, 0.25) is 0 Å². The molecule has 0 saturated carbocycles. The normalized spacial score (nSPS) is 11.0. The van der Waals surface area contributed by atoms with E-state index in [0.29, 0.717) is 17.5 Å². The van der Waals surface area contributed by atoms with Crippen LogP contribution in [-0.2, 0) is 6.42 Å². The van der Waals surface area contributed by atoms with Gasteiger partial charge in [-0.15, -0.1) is 0 Å². The lowest BCUT2D eigenvalue weighted by atomic mass is 10.0. The molecule has 0 aliphatic carbocycles. The first kappa shape index (κ1) is 15.9. The molecule has 2 aromatic rings. The van der Waals surface area contributed by atoms with E-state index in [1.807, 2.05) is 18.2 Å². The minimum absolute atomic E-state index is 0.474. The van der Waals surface area contributed by atoms with E-state index in [9.17, 15) is 0 Å². The summed E-state index contributed by atoms with van der Waals surface area (Å²) in [6.07, 6.45) is 0.749. The van der Waals surface area contributed by atoms with E-state index in [2.05, 4.69) is 39.0 Å². The van der Waals surface area contributed by atoms with Crippen LogP contribution in [0.4, 0.5) is 0 Å². The smallest absolute Gasteiger partial charge is 0.130 e. The Labute approximate surface area is 131 Å². The van der Waals surface area contributed by atoms with Gasteiger partial charge in [-0.2, -0.15) is 0 Å². The van der Waals surface area contributed by atoms with Crippen molar-refractivity contribution in [2.45, 2.75) is 33.1 Å². The first-order valence-electron chi connectivity index (χ1n) is 7.28. The molecule has 0 saturated heterocycles. The van der Waals surface area contributed by atoms with Crippen LogP contribution in [0.25, 0.3) is 0 Å². The summed E-state index contributed by atoms with van der Waals surface area (Å²) in [5.74, 6) is 2.19. The van der Waals surface area contributed by atoms with Crippen LogP contribution in [0, 0.1) is 6.92 Å². The maximum atomic E-state index is 6.12. The minimum atomic E-state index is 0.474. The van der Waals surface area contributed by atoms with E-state index in [1.54, 1.807) is 0 Å². The first-order valence-corrected chi connectivity index (χ1v) is 7.66. The van der Waals surface area contributed by atoms with Gasteiger partial charge in [0.05, 0.1) is 0 Å². The third-order valence-electron chi connectivity index (χ3n) is 3.53. The third-order valence-corrected chi connectivity index (χ3v) is 3.77. The van der Waals surface area contributed by atoms with Gasteiger partial charge in [0.25, 0.3) is 0 Å². The van der Waals surface area contributed by atoms with Gasteiger partial charge in [-0.05, 0) is 66.8 Å². The molecule has 0 radical (unpaired) electrons. The summed E-state index contributed by atoms with van der Waals surface area (Å²) in [4.78, 5) is 0. The molecular weight excluding hydrogens is 282 g/mol. The Bertz CT molecular complexity index is 623. The van der Waals surface area contributed by atoms with E-state index >= 15 is 0 Å². The van der Waals surface area contributed by atoms with Gasteiger partial charge in [0.15, 0.2) is 0 Å². The van der Waals surface area contributed by atoms with Gasteiger partial charge in [0, 0.05) is 5.02 Å². The van der Waals surface area contributed by atoms with Gasteiger partial charge < -0.3 is 10.5 Å². The number of aryl methyl sites for hydroxylation is 1. The molecule has 2 rings (SSSR count). The number of hydrogen-bond donors (Lipinski definition) is 1. The SMILES string of the molecule is Cc1ccc(C(C)C)cc1Oc1ccc(Cl)cc1CCN. The summed E-state index contributed by atoms with van der Waals surface area (Å²) < 4.78 is 6.12. The van der Waals surface area contributed by atoms with Crippen LogP contribution in [-0.4, -0.2) is 6.54 Å². The van der Waals surface area contributed by atoms with E-state index in [1.165, 1.54) is 5.56 Å². The molecular formula is C18H22ClNO. The van der Waals surface area contributed by atoms with Crippen molar-refractivity contribution < 1.29 is 4.74 Å². The Hall–Kier alpha value is -1.51. The Morgan fingerprint density at radius 1 is 1.10 bits per heavy atom. The molecule has 3 heteroatoms. The molecule has 0 aliphatic heterocycles. The zero-order valence-electron chi connectivity index (χ0n) is 12.8. The largest absolute Gasteiger partial charge is 0.457 e. The topological polar surface area (TPSA) is 35.2 Å². The fourth-order valence-corrected chi connectivity index (χ4v) is 2.40. The summed E-state index contributed by atoms with van der Waals surface area (Å²) in [6, 6.07) is 12.0. The van der Waals surface area contributed by atoms with Crippen molar-refractivity contribution in [3.05, 3.63) is 58.1 Å². The van der Waals surface area contributed by atoms with Crippen LogP contribution in [0.3, 0.4) is 0 Å². The van der Waals surface area contributed by atoms with E-state index in [-0.39, 0.29) is 0 Å². The average Bonchev–Trinajstić information content (AvgIpc) is 2.44. The number of benzene rings is 2. The summed E-state index contributed by atoms with van der Waals surface area (Å²) in [5.41, 5.74) is 9.10. The van der Waals surface area contributed by atoms with Crippen molar-refractivity contribution >= 4 is 11.6 Å². The van der Waals surface area contributed by atoms with Crippen LogP contribution in [0.5, 0.6) is 11.5 Å². The second kappa shape index (κ2) is 6.97. The van der Waals surface area contributed by atoms with Crippen molar-refractivity contribution in [1.29, 1.82) is 0 Å². The Kier molecular flexibility index (Phi) is 5.27. The fourth-order valence-electron chi connectivity index (χ4n) is 2.20. The van der Waals surface area contributed by atoms with Crippen molar-refractivity contribution in [3.63, 3.8) is 0 Å². The molecule has 21 heavy (non-hydrogen) atoms. The van der Waals surface area contributed by atoms with Crippen LogP contribution < -0.4 is 10.5 Å². The molecule has 2 nitrogen and oxygen atoms in total. The molecule has 0 unspecified atom stereocenters. The molecule has 0 bridgehead atoms. The quantitative estimate of drug-likeness (QED) is 0.837. The Morgan fingerprint density at radius 2 is 1.86 bits per heavy atom. The number of hydrogen-bond acceptors (Lipinski definition) is 2. The van der Waals surface area contributed by atoms with Gasteiger partial charge in [-0.25, -0.2) is 0 Å². The third kappa shape index (κ3) is 3.99. The molecule has 0 aromatic heterocycles. The molecule has 0 spiro atoms. The standard InChI is InChI=1S/C18H22ClNO/c1-12(2)14-5-4-13(3)18(11-14)21-17-7-6-16(19)10-15(17)8-9-20/h4-7,10-12H,8-9,20H2,1-3H3. The molecule has 112 valence electrons. The molecule has 2 aromatic carbocycles. The van der Waals surface area contributed by atoms with Gasteiger partial charge in [-0.1, -0.05) is 37.6 Å². The highest BCUT2D eigenvalue weighted by molar-refractivity contribution is 6.30. The highest BCUT2D eigenvalue weighted by atomic mass is 35.5. The predicted molar refractivity (Wildman–Crippen MR) is 89.6 cm³/mol. The molecule has 0 heterocycles. The number of rotatable bonds is 5. The van der Waals surface area contributed by atoms with Crippen molar-refractivity contribution in [2.24, 2.45) is 5.73 Å². The first-order chi connectivity index (χ1) is 10.0. The zero-order chi connectivity index (χ0) is 15.4. The molecule has 0 atom stereocenters. The van der Waals surface area contributed by atoms with E-state index in [0.717, 1.165) is 29.0 Å². The number of nitrogens with two attached hydrogens (primary N) is 1. The second-order valence-corrected chi connectivity index (χ2v) is 6.01. The van der Waals surface area contributed by atoms with Crippen LogP contribution in [0.1, 0.15) is 36.5 Å². The fraction of sp³-hybridized carbons (Fsp3) is 0.333. The van der Waals surface area contributed by atoms with Crippen LogP contribution in [0.15, 0.2) is 36.4 Å². The molecule has 0 aliphatic rings. The van der Waals surface area contributed by atoms with Crippen molar-refractivity contribution in [3.8, 4) is 11.5 Å². The number of ether oxygens (including phenoxy) is 1. The molecule has 0 amide bonds. The van der Waals surface area contributed by atoms with Crippen molar-refractivity contribution in [1.82, 2.24) is 0 Å². The molecule has 2 N–H and O–H groups in total. The maximum absolute atomic E-state index is 6.12. The second-order valence-electron chi connectivity index (χ2n) is 5.57. The highest BCUT2D eigenvalue weighted by Gasteiger charge is 2.09.